The Labute approximate surface area is 127 Å². The molecule has 0 fully saturated rings. The molecule has 1 unspecified atom stereocenters. The molecule has 2 aromatic rings. The van der Waals surface area contributed by atoms with Crippen LogP contribution in [0.3, 0.4) is 0 Å². The zero-order valence-electron chi connectivity index (χ0n) is 11.3. The van der Waals surface area contributed by atoms with Crippen LogP contribution in [-0.4, -0.2) is 25.9 Å². The van der Waals surface area contributed by atoms with Crippen LogP contribution < -0.4 is 4.72 Å². The summed E-state index contributed by atoms with van der Waals surface area (Å²) in [6, 6.07) is 8.50. The van der Waals surface area contributed by atoms with Gasteiger partial charge in [-0.1, -0.05) is 12.1 Å². The summed E-state index contributed by atoms with van der Waals surface area (Å²) in [6.07, 6.45) is 0. The standard InChI is InChI=1S/C14H14N2O3S2/c1-14(17,10-6-7-20-8-10)9-15-13-11-4-2-3-5-12(11)21(18,19)16-13/h2-8,17H,9H2,1H3,(H,15,16). The van der Waals surface area contributed by atoms with Gasteiger partial charge in [-0.05, 0) is 41.4 Å². The first kappa shape index (κ1) is 14.2. The van der Waals surface area contributed by atoms with Crippen molar-refractivity contribution in [3.63, 3.8) is 0 Å². The van der Waals surface area contributed by atoms with Crippen LogP contribution >= 0.6 is 11.3 Å². The number of aliphatic imine (C=N–C) groups is 1. The third-order valence-corrected chi connectivity index (χ3v) is 5.43. The largest absolute Gasteiger partial charge is 0.383 e. The Bertz CT molecular complexity index is 793. The van der Waals surface area contributed by atoms with Gasteiger partial charge in [0.05, 0.1) is 11.4 Å². The molecule has 2 heterocycles. The SMILES string of the molecule is CC(O)(CN=C1NS(=O)(=O)c2ccccc21)c1ccsc1. The predicted molar refractivity (Wildman–Crippen MR) is 82.1 cm³/mol. The summed E-state index contributed by atoms with van der Waals surface area (Å²) < 4.78 is 26.4. The van der Waals surface area contributed by atoms with E-state index in [1.165, 1.54) is 17.4 Å². The molecule has 1 aliphatic heterocycles. The Balaban J connectivity index is 1.93. The molecular formula is C14H14N2O3S2. The molecule has 0 saturated heterocycles. The van der Waals surface area contributed by atoms with Crippen molar-refractivity contribution >= 4 is 27.2 Å². The van der Waals surface area contributed by atoms with E-state index in [1.807, 2.05) is 16.8 Å². The van der Waals surface area contributed by atoms with Crippen LogP contribution in [0.1, 0.15) is 18.1 Å². The molecule has 0 spiro atoms. The Morgan fingerprint density at radius 2 is 2.10 bits per heavy atom. The first-order valence-corrected chi connectivity index (χ1v) is 8.74. The molecule has 0 radical (unpaired) electrons. The maximum atomic E-state index is 12.0. The molecule has 21 heavy (non-hydrogen) atoms. The Kier molecular flexibility index (Phi) is 3.35. The molecule has 1 aromatic heterocycles. The maximum Gasteiger partial charge on any atom is 0.263 e. The van der Waals surface area contributed by atoms with Gasteiger partial charge in [-0.15, -0.1) is 0 Å². The fraction of sp³-hybridized carbons (Fsp3) is 0.214. The van der Waals surface area contributed by atoms with Crippen LogP contribution in [0.15, 0.2) is 51.0 Å². The highest BCUT2D eigenvalue weighted by atomic mass is 32.2. The van der Waals surface area contributed by atoms with Crippen molar-refractivity contribution in [2.24, 2.45) is 4.99 Å². The van der Waals surface area contributed by atoms with E-state index in [9.17, 15) is 13.5 Å². The number of thiophene rings is 1. The Morgan fingerprint density at radius 3 is 2.81 bits per heavy atom. The normalized spacial score (nSPS) is 20.8. The zero-order valence-corrected chi connectivity index (χ0v) is 12.9. The van der Waals surface area contributed by atoms with E-state index in [0.717, 1.165) is 5.56 Å². The number of aliphatic hydroxyl groups is 1. The van der Waals surface area contributed by atoms with Crippen LogP contribution in [0, 0.1) is 0 Å². The molecule has 3 rings (SSSR count). The van der Waals surface area contributed by atoms with Gasteiger partial charge >= 0.3 is 0 Å². The lowest BCUT2D eigenvalue weighted by Gasteiger charge is -2.20. The summed E-state index contributed by atoms with van der Waals surface area (Å²) in [5.74, 6) is 0.279. The number of benzene rings is 1. The Hall–Kier alpha value is -1.70. The second-order valence-electron chi connectivity index (χ2n) is 5.05. The van der Waals surface area contributed by atoms with Crippen LogP contribution in [0.4, 0.5) is 0 Å². The van der Waals surface area contributed by atoms with Gasteiger partial charge in [0.2, 0.25) is 0 Å². The highest BCUT2D eigenvalue weighted by Gasteiger charge is 2.31. The quantitative estimate of drug-likeness (QED) is 0.902. The summed E-state index contributed by atoms with van der Waals surface area (Å²) in [5.41, 5.74) is 0.181. The summed E-state index contributed by atoms with van der Waals surface area (Å²) in [5, 5.41) is 14.2. The lowest BCUT2D eigenvalue weighted by atomic mass is 10.00. The molecule has 2 N–H and O–H groups in total. The van der Waals surface area contributed by atoms with Gasteiger partial charge in [-0.3, -0.25) is 9.71 Å². The summed E-state index contributed by atoms with van der Waals surface area (Å²) in [6.45, 7) is 1.74. The van der Waals surface area contributed by atoms with Crippen molar-refractivity contribution in [2.45, 2.75) is 17.4 Å². The van der Waals surface area contributed by atoms with Crippen molar-refractivity contribution in [2.75, 3.05) is 6.54 Å². The number of fused-ring (bicyclic) bond motifs is 1. The number of rotatable bonds is 3. The van der Waals surface area contributed by atoms with Crippen molar-refractivity contribution in [1.29, 1.82) is 0 Å². The minimum atomic E-state index is -3.54. The van der Waals surface area contributed by atoms with Crippen molar-refractivity contribution in [1.82, 2.24) is 4.72 Å². The Morgan fingerprint density at radius 1 is 1.33 bits per heavy atom. The van der Waals surface area contributed by atoms with E-state index in [4.69, 9.17) is 0 Å². The summed E-state index contributed by atoms with van der Waals surface area (Å²) in [7, 11) is -3.54. The van der Waals surface area contributed by atoms with Crippen LogP contribution in [0.2, 0.25) is 0 Å². The second kappa shape index (κ2) is 4.94. The summed E-state index contributed by atoms with van der Waals surface area (Å²) >= 11 is 1.49. The van der Waals surface area contributed by atoms with Gasteiger partial charge in [0.15, 0.2) is 0 Å². The average molecular weight is 322 g/mol. The second-order valence-corrected chi connectivity index (χ2v) is 7.48. The van der Waals surface area contributed by atoms with Crippen LogP contribution in [-0.2, 0) is 15.6 Å². The molecule has 0 saturated carbocycles. The lowest BCUT2D eigenvalue weighted by Crippen LogP contribution is -2.28. The molecule has 7 heteroatoms. The number of nitrogens with zero attached hydrogens (tertiary/aromatic N) is 1. The number of amidine groups is 1. The molecule has 1 aliphatic rings. The smallest absolute Gasteiger partial charge is 0.263 e. The van der Waals surface area contributed by atoms with Crippen molar-refractivity contribution in [3.8, 4) is 0 Å². The third-order valence-electron chi connectivity index (χ3n) is 3.35. The van der Waals surface area contributed by atoms with E-state index in [-0.39, 0.29) is 17.3 Å². The van der Waals surface area contributed by atoms with Crippen LogP contribution in [0.5, 0.6) is 0 Å². The molecular weight excluding hydrogens is 308 g/mol. The monoisotopic (exact) mass is 322 g/mol. The van der Waals surface area contributed by atoms with Gasteiger partial charge in [0.1, 0.15) is 11.4 Å². The highest BCUT2D eigenvalue weighted by Crippen LogP contribution is 2.26. The number of nitrogens with one attached hydrogen (secondary N) is 1. The molecule has 0 aliphatic carbocycles. The summed E-state index contributed by atoms with van der Waals surface area (Å²) in [4.78, 5) is 4.49. The molecule has 1 atom stereocenters. The van der Waals surface area contributed by atoms with Crippen molar-refractivity contribution < 1.29 is 13.5 Å². The minimum absolute atomic E-state index is 0.0793. The minimum Gasteiger partial charge on any atom is -0.383 e. The van der Waals surface area contributed by atoms with Gasteiger partial charge < -0.3 is 5.11 Å². The first-order chi connectivity index (χ1) is 9.90. The molecule has 0 amide bonds. The predicted octanol–water partition coefficient (Wildman–Crippen LogP) is 1.69. The third kappa shape index (κ3) is 2.59. The van der Waals surface area contributed by atoms with E-state index < -0.39 is 15.6 Å². The van der Waals surface area contributed by atoms with E-state index in [2.05, 4.69) is 9.71 Å². The highest BCUT2D eigenvalue weighted by molar-refractivity contribution is 7.90. The number of hydrogen-bond acceptors (Lipinski definition) is 5. The van der Waals surface area contributed by atoms with Gasteiger partial charge in [-0.25, -0.2) is 8.42 Å². The average Bonchev–Trinajstić information content (AvgIpc) is 3.05. The van der Waals surface area contributed by atoms with E-state index >= 15 is 0 Å². The molecule has 5 nitrogen and oxygen atoms in total. The maximum absolute atomic E-state index is 12.0. The fourth-order valence-electron chi connectivity index (χ4n) is 2.15. The van der Waals surface area contributed by atoms with E-state index in [1.54, 1.807) is 25.1 Å². The molecule has 110 valence electrons. The van der Waals surface area contributed by atoms with E-state index in [0.29, 0.717) is 5.56 Å². The number of hydrogen-bond donors (Lipinski definition) is 2. The lowest BCUT2D eigenvalue weighted by molar-refractivity contribution is 0.0678. The first-order valence-electron chi connectivity index (χ1n) is 6.32. The van der Waals surface area contributed by atoms with Gasteiger partial charge in [0.25, 0.3) is 10.0 Å². The van der Waals surface area contributed by atoms with Crippen molar-refractivity contribution in [3.05, 3.63) is 52.2 Å². The van der Waals surface area contributed by atoms with Gasteiger partial charge in [0, 0.05) is 5.56 Å². The van der Waals surface area contributed by atoms with Gasteiger partial charge in [-0.2, -0.15) is 11.3 Å². The molecule has 1 aromatic carbocycles. The molecule has 0 bridgehead atoms. The number of sulfonamides is 1. The van der Waals surface area contributed by atoms with Crippen LogP contribution in [0.25, 0.3) is 0 Å². The topological polar surface area (TPSA) is 78.8 Å². The fourth-order valence-corrected chi connectivity index (χ4v) is 4.18. The zero-order chi connectivity index (χ0) is 15.1.